The number of benzene rings is 8. The van der Waals surface area contributed by atoms with E-state index < -0.39 is 0 Å². The van der Waals surface area contributed by atoms with Crippen LogP contribution in [0, 0.1) is 0 Å². The van der Waals surface area contributed by atoms with Gasteiger partial charge in [0, 0.05) is 38.7 Å². The van der Waals surface area contributed by atoms with Gasteiger partial charge in [0.05, 0.1) is 11.4 Å². The molecule has 0 saturated carbocycles. The SMILES string of the molecule is CC1(c2cccc3oc4c(N(c5ccc(-c6ccccc6)cc5)c5ccc6c(c5)oc5ccccc56)cccc4c23)c2ccccc2-c2ccccc21. The lowest BCUT2D eigenvalue weighted by Crippen LogP contribution is -2.22. The lowest BCUT2D eigenvalue weighted by molar-refractivity contribution is 0.666. The first-order valence-corrected chi connectivity index (χ1v) is 18.2. The molecule has 2 aromatic heterocycles. The van der Waals surface area contributed by atoms with Crippen LogP contribution in [0.25, 0.3) is 66.1 Å². The summed E-state index contributed by atoms with van der Waals surface area (Å²) in [5, 5.41) is 4.45. The predicted octanol–water partition coefficient (Wildman–Crippen LogP) is 14.0. The zero-order chi connectivity index (χ0) is 35.1. The quantitative estimate of drug-likeness (QED) is 0.181. The lowest BCUT2D eigenvalue weighted by atomic mass is 9.73. The first kappa shape index (κ1) is 29.8. The highest BCUT2D eigenvalue weighted by Crippen LogP contribution is 2.55. The maximum atomic E-state index is 6.99. The molecule has 10 aromatic rings. The molecule has 1 aliphatic carbocycles. The van der Waals surface area contributed by atoms with Crippen molar-refractivity contribution in [2.45, 2.75) is 12.3 Å². The molecule has 0 amide bonds. The van der Waals surface area contributed by atoms with E-state index in [-0.39, 0.29) is 5.41 Å². The maximum absolute atomic E-state index is 6.99. The summed E-state index contributed by atoms with van der Waals surface area (Å²) in [7, 11) is 0. The summed E-state index contributed by atoms with van der Waals surface area (Å²) < 4.78 is 13.4. The van der Waals surface area contributed by atoms with E-state index in [9.17, 15) is 0 Å². The van der Waals surface area contributed by atoms with Gasteiger partial charge in [-0.15, -0.1) is 0 Å². The van der Waals surface area contributed by atoms with Crippen molar-refractivity contribution in [3.63, 3.8) is 0 Å². The van der Waals surface area contributed by atoms with Crippen molar-refractivity contribution in [3.8, 4) is 22.3 Å². The Kier molecular flexibility index (Phi) is 6.38. The van der Waals surface area contributed by atoms with Gasteiger partial charge < -0.3 is 13.7 Å². The number of fused-ring (bicyclic) bond motifs is 9. The normalized spacial score (nSPS) is 13.2. The van der Waals surface area contributed by atoms with Crippen LogP contribution in [-0.2, 0) is 5.41 Å². The average Bonchev–Trinajstić information content (AvgIpc) is 3.87. The van der Waals surface area contributed by atoms with E-state index in [2.05, 4.69) is 182 Å². The van der Waals surface area contributed by atoms with Gasteiger partial charge in [-0.3, -0.25) is 0 Å². The summed E-state index contributed by atoms with van der Waals surface area (Å²) in [5.41, 5.74) is 14.9. The molecule has 0 saturated heterocycles. The molecular formula is C50H33NO2. The van der Waals surface area contributed by atoms with Crippen LogP contribution in [0.15, 0.2) is 191 Å². The van der Waals surface area contributed by atoms with Gasteiger partial charge in [-0.1, -0.05) is 133 Å². The molecule has 0 atom stereocenters. The standard InChI is InChI=1S/C50H33NO2/c1-50(41-19-8-5-15-36(41)37-16-6-9-20-42(37)50)43-21-12-24-46-48(43)40-18-11-22-44(49(40)53-46)51(34-27-25-33(26-28-34)32-13-3-2-4-14-32)35-29-30-39-38-17-7-10-23-45(38)52-47(39)31-35/h2-31H,1H3. The third-order valence-corrected chi connectivity index (χ3v) is 11.4. The Morgan fingerprint density at radius 3 is 1.79 bits per heavy atom. The van der Waals surface area contributed by atoms with E-state index in [4.69, 9.17) is 8.83 Å². The highest BCUT2D eigenvalue weighted by molar-refractivity contribution is 6.13. The predicted molar refractivity (Wildman–Crippen MR) is 219 cm³/mol. The smallest absolute Gasteiger partial charge is 0.159 e. The van der Waals surface area contributed by atoms with E-state index in [0.717, 1.165) is 60.9 Å². The van der Waals surface area contributed by atoms with Crippen molar-refractivity contribution >= 4 is 60.9 Å². The second-order valence-corrected chi connectivity index (χ2v) is 14.2. The van der Waals surface area contributed by atoms with Crippen LogP contribution in [0.5, 0.6) is 0 Å². The number of hydrogen-bond acceptors (Lipinski definition) is 3. The van der Waals surface area contributed by atoms with E-state index in [1.807, 2.05) is 12.1 Å². The summed E-state index contributed by atoms with van der Waals surface area (Å²) >= 11 is 0. The second-order valence-electron chi connectivity index (χ2n) is 14.2. The third-order valence-electron chi connectivity index (χ3n) is 11.4. The molecule has 0 unspecified atom stereocenters. The maximum Gasteiger partial charge on any atom is 0.159 e. The molecular weight excluding hydrogens is 647 g/mol. The average molecular weight is 680 g/mol. The Labute approximate surface area is 307 Å². The molecule has 2 heterocycles. The number of anilines is 3. The Hall–Kier alpha value is -6.84. The second kappa shape index (κ2) is 11.3. The minimum Gasteiger partial charge on any atom is -0.456 e. The Bertz CT molecular complexity index is 2980. The Balaban J connectivity index is 1.15. The molecule has 0 spiro atoms. The van der Waals surface area contributed by atoms with Crippen LogP contribution in [0.2, 0.25) is 0 Å². The van der Waals surface area contributed by atoms with Crippen LogP contribution in [0.4, 0.5) is 17.1 Å². The van der Waals surface area contributed by atoms with Crippen LogP contribution in [0.1, 0.15) is 23.6 Å². The third kappa shape index (κ3) is 4.34. The van der Waals surface area contributed by atoms with Crippen molar-refractivity contribution in [1.29, 1.82) is 0 Å². The minimum atomic E-state index is -0.362. The van der Waals surface area contributed by atoms with Gasteiger partial charge in [0.25, 0.3) is 0 Å². The first-order chi connectivity index (χ1) is 26.2. The number of nitrogens with zero attached hydrogens (tertiary/aromatic N) is 1. The van der Waals surface area contributed by atoms with E-state index in [1.54, 1.807) is 0 Å². The molecule has 0 bridgehead atoms. The molecule has 8 aromatic carbocycles. The minimum absolute atomic E-state index is 0.362. The largest absolute Gasteiger partial charge is 0.456 e. The number of furan rings is 2. The van der Waals surface area contributed by atoms with E-state index in [1.165, 1.54) is 38.9 Å². The van der Waals surface area contributed by atoms with Gasteiger partial charge in [0.15, 0.2) is 5.58 Å². The molecule has 1 aliphatic rings. The van der Waals surface area contributed by atoms with Crippen LogP contribution in [0.3, 0.4) is 0 Å². The summed E-state index contributed by atoms with van der Waals surface area (Å²) in [6.45, 7) is 2.37. The summed E-state index contributed by atoms with van der Waals surface area (Å²) in [6.07, 6.45) is 0. The monoisotopic (exact) mass is 679 g/mol. The van der Waals surface area contributed by atoms with Gasteiger partial charge in [-0.05, 0) is 88.3 Å². The molecule has 3 heteroatoms. The summed E-state index contributed by atoms with van der Waals surface area (Å²) in [6, 6.07) is 64.8. The highest BCUT2D eigenvalue weighted by atomic mass is 16.3. The zero-order valence-electron chi connectivity index (χ0n) is 29.1. The number of para-hydroxylation sites is 2. The Morgan fingerprint density at radius 1 is 0.415 bits per heavy atom. The molecule has 11 rings (SSSR count). The van der Waals surface area contributed by atoms with E-state index in [0.29, 0.717) is 0 Å². The fourth-order valence-corrected chi connectivity index (χ4v) is 8.88. The topological polar surface area (TPSA) is 29.5 Å². The number of hydrogen-bond donors (Lipinski definition) is 0. The van der Waals surface area contributed by atoms with Crippen molar-refractivity contribution in [2.24, 2.45) is 0 Å². The zero-order valence-corrected chi connectivity index (χ0v) is 29.1. The van der Waals surface area contributed by atoms with Gasteiger partial charge >= 0.3 is 0 Å². The molecule has 0 N–H and O–H groups in total. The van der Waals surface area contributed by atoms with Crippen LogP contribution >= 0.6 is 0 Å². The first-order valence-electron chi connectivity index (χ1n) is 18.2. The van der Waals surface area contributed by atoms with Crippen molar-refractivity contribution in [1.82, 2.24) is 0 Å². The van der Waals surface area contributed by atoms with Gasteiger partial charge in [0.2, 0.25) is 0 Å². The summed E-state index contributed by atoms with van der Waals surface area (Å²) in [4.78, 5) is 2.30. The van der Waals surface area contributed by atoms with Gasteiger partial charge in [-0.25, -0.2) is 0 Å². The van der Waals surface area contributed by atoms with Gasteiger partial charge in [0.1, 0.15) is 16.7 Å². The molecule has 3 nitrogen and oxygen atoms in total. The fraction of sp³-hybridized carbons (Fsp3) is 0.0400. The molecule has 0 aliphatic heterocycles. The molecule has 0 radical (unpaired) electrons. The van der Waals surface area contributed by atoms with E-state index >= 15 is 0 Å². The summed E-state index contributed by atoms with van der Waals surface area (Å²) in [5.74, 6) is 0. The van der Waals surface area contributed by atoms with Crippen molar-refractivity contribution in [2.75, 3.05) is 4.90 Å². The Morgan fingerprint density at radius 2 is 1.00 bits per heavy atom. The molecule has 0 fully saturated rings. The van der Waals surface area contributed by atoms with Crippen molar-refractivity contribution < 1.29 is 8.83 Å². The fourth-order valence-electron chi connectivity index (χ4n) is 8.88. The van der Waals surface area contributed by atoms with Gasteiger partial charge in [-0.2, -0.15) is 0 Å². The highest BCUT2D eigenvalue weighted by Gasteiger charge is 2.42. The number of rotatable bonds is 5. The molecule has 53 heavy (non-hydrogen) atoms. The van der Waals surface area contributed by atoms with Crippen LogP contribution in [-0.4, -0.2) is 0 Å². The molecule has 250 valence electrons. The van der Waals surface area contributed by atoms with Crippen LogP contribution < -0.4 is 4.90 Å². The van der Waals surface area contributed by atoms with Crippen molar-refractivity contribution in [3.05, 3.63) is 199 Å². The lowest BCUT2D eigenvalue weighted by Gasteiger charge is -2.29.